The minimum absolute atomic E-state index is 0.0530. The highest BCUT2D eigenvalue weighted by Crippen LogP contribution is 2.28. The van der Waals surface area contributed by atoms with Gasteiger partial charge in [0.2, 0.25) is 10.0 Å². The molecule has 0 aliphatic rings. The zero-order chi connectivity index (χ0) is 22.5. The fourth-order valence-corrected chi connectivity index (χ4v) is 5.05. The monoisotopic (exact) mass is 450 g/mol. The summed E-state index contributed by atoms with van der Waals surface area (Å²) < 4.78 is 32.4. The minimum Gasteiger partial charge on any atom is -0.468 e. The van der Waals surface area contributed by atoms with Gasteiger partial charge in [0.25, 0.3) is 5.91 Å². The average molecular weight is 451 g/mol. The Labute approximate surface area is 181 Å². The number of carbonyl (C=O) groups excluding carboxylic acids is 2. The maximum absolute atomic E-state index is 12.8. The topological polar surface area (TPSA) is 102 Å². The summed E-state index contributed by atoms with van der Waals surface area (Å²) in [5.74, 6) is -0.798. The summed E-state index contributed by atoms with van der Waals surface area (Å²) in [4.78, 5) is 25.2. The molecule has 0 saturated heterocycles. The summed E-state index contributed by atoms with van der Waals surface area (Å²) in [6.45, 7) is 6.95. The number of carbonyl (C=O) groups is 2. The molecule has 0 saturated carbocycles. The first kappa shape index (κ1) is 23.9. The Morgan fingerprint density at radius 1 is 1.07 bits per heavy atom. The van der Waals surface area contributed by atoms with Crippen LogP contribution < -0.4 is 10.0 Å². The van der Waals surface area contributed by atoms with Gasteiger partial charge in [0.15, 0.2) is 0 Å². The number of hydrogen-bond acceptors (Lipinski definition) is 6. The van der Waals surface area contributed by atoms with Gasteiger partial charge in [-0.15, -0.1) is 11.8 Å². The molecule has 2 N–H and O–H groups in total. The number of amides is 1. The van der Waals surface area contributed by atoms with Gasteiger partial charge in [-0.2, -0.15) is 0 Å². The molecule has 1 amide bonds. The maximum Gasteiger partial charge on any atom is 0.318 e. The Bertz CT molecular complexity index is 1030. The van der Waals surface area contributed by atoms with Crippen molar-refractivity contribution in [2.75, 3.05) is 12.4 Å². The maximum atomic E-state index is 12.8. The van der Waals surface area contributed by atoms with Gasteiger partial charge in [-0.1, -0.05) is 18.2 Å². The molecule has 1 unspecified atom stereocenters. The van der Waals surface area contributed by atoms with Crippen molar-refractivity contribution < 1.29 is 22.7 Å². The van der Waals surface area contributed by atoms with Crippen molar-refractivity contribution in [3.8, 4) is 0 Å². The van der Waals surface area contributed by atoms with E-state index in [1.165, 1.54) is 31.0 Å². The molecule has 2 rings (SSSR count). The second kappa shape index (κ2) is 9.63. The van der Waals surface area contributed by atoms with E-state index in [1.807, 2.05) is 0 Å². The fourth-order valence-electron chi connectivity index (χ4n) is 2.56. The molecule has 30 heavy (non-hydrogen) atoms. The van der Waals surface area contributed by atoms with Crippen molar-refractivity contribution >= 4 is 39.3 Å². The third kappa shape index (κ3) is 6.58. The van der Waals surface area contributed by atoms with Crippen LogP contribution in [0.5, 0.6) is 0 Å². The van der Waals surface area contributed by atoms with E-state index < -0.39 is 26.7 Å². The van der Waals surface area contributed by atoms with Crippen LogP contribution in [0, 0.1) is 0 Å². The lowest BCUT2D eigenvalue weighted by molar-refractivity contribution is -0.139. The lowest BCUT2D eigenvalue weighted by Crippen LogP contribution is -2.40. The molecule has 9 heteroatoms. The first-order chi connectivity index (χ1) is 13.9. The normalized spacial score (nSPS) is 12.8. The van der Waals surface area contributed by atoms with Crippen LogP contribution in [-0.4, -0.2) is 38.2 Å². The number of thioether (sulfide) groups is 1. The number of rotatable bonds is 7. The van der Waals surface area contributed by atoms with E-state index in [0.717, 1.165) is 0 Å². The molecule has 2 aromatic rings. The SMILES string of the molecule is COC(=O)C(C)Sc1ccccc1C(=O)Nc1cccc(S(=O)(=O)NC(C)(C)C)c1. The predicted octanol–water partition coefficient (Wildman–Crippen LogP) is 3.67. The van der Waals surface area contributed by atoms with Crippen LogP contribution in [-0.2, 0) is 19.6 Å². The largest absolute Gasteiger partial charge is 0.468 e. The molecule has 0 fully saturated rings. The summed E-state index contributed by atoms with van der Waals surface area (Å²) in [7, 11) is -2.42. The molecule has 0 radical (unpaired) electrons. The van der Waals surface area contributed by atoms with E-state index in [1.54, 1.807) is 64.1 Å². The van der Waals surface area contributed by atoms with Gasteiger partial charge >= 0.3 is 5.97 Å². The summed E-state index contributed by atoms with van der Waals surface area (Å²) in [6.07, 6.45) is 0. The highest BCUT2D eigenvalue weighted by Gasteiger charge is 2.23. The number of anilines is 1. The summed E-state index contributed by atoms with van der Waals surface area (Å²) in [6, 6.07) is 12.9. The van der Waals surface area contributed by atoms with E-state index in [0.29, 0.717) is 16.1 Å². The molecule has 0 bridgehead atoms. The molecule has 0 aliphatic heterocycles. The van der Waals surface area contributed by atoms with Crippen LogP contribution in [0.1, 0.15) is 38.1 Å². The van der Waals surface area contributed by atoms with Gasteiger partial charge < -0.3 is 10.1 Å². The van der Waals surface area contributed by atoms with Gasteiger partial charge in [-0.05, 0) is 58.0 Å². The van der Waals surface area contributed by atoms with E-state index in [2.05, 4.69) is 10.0 Å². The average Bonchev–Trinajstić information content (AvgIpc) is 2.66. The number of hydrogen-bond donors (Lipinski definition) is 2. The molecule has 0 aromatic heterocycles. The van der Waals surface area contributed by atoms with E-state index in [9.17, 15) is 18.0 Å². The second-order valence-electron chi connectivity index (χ2n) is 7.62. The quantitative estimate of drug-likeness (QED) is 0.493. The van der Waals surface area contributed by atoms with Crippen molar-refractivity contribution in [1.29, 1.82) is 0 Å². The Morgan fingerprint density at radius 3 is 2.37 bits per heavy atom. The molecule has 0 aliphatic carbocycles. The highest BCUT2D eigenvalue weighted by atomic mass is 32.2. The number of sulfonamides is 1. The lowest BCUT2D eigenvalue weighted by Gasteiger charge is -2.20. The van der Waals surface area contributed by atoms with Crippen LogP contribution in [0.15, 0.2) is 58.3 Å². The molecule has 0 spiro atoms. The van der Waals surface area contributed by atoms with Gasteiger partial charge in [-0.3, -0.25) is 9.59 Å². The minimum atomic E-state index is -3.73. The van der Waals surface area contributed by atoms with Crippen molar-refractivity contribution in [3.63, 3.8) is 0 Å². The molecule has 7 nitrogen and oxygen atoms in total. The molecule has 0 heterocycles. The van der Waals surface area contributed by atoms with Crippen molar-refractivity contribution in [2.24, 2.45) is 0 Å². The van der Waals surface area contributed by atoms with Crippen molar-refractivity contribution in [2.45, 2.75) is 48.3 Å². The predicted molar refractivity (Wildman–Crippen MR) is 118 cm³/mol. The first-order valence-corrected chi connectivity index (χ1v) is 11.6. The van der Waals surface area contributed by atoms with E-state index in [-0.39, 0.29) is 10.9 Å². The Balaban J connectivity index is 2.25. The van der Waals surface area contributed by atoms with Crippen LogP contribution in [0.2, 0.25) is 0 Å². The van der Waals surface area contributed by atoms with Crippen LogP contribution in [0.25, 0.3) is 0 Å². The standard InChI is InChI=1S/C21H26N2O5S2/c1-14(20(25)28-5)29-18-12-7-6-11-17(18)19(24)22-15-9-8-10-16(13-15)30(26,27)23-21(2,3)4/h6-14,23H,1-5H3,(H,22,24). The van der Waals surface area contributed by atoms with Crippen LogP contribution >= 0.6 is 11.8 Å². The van der Waals surface area contributed by atoms with Gasteiger partial charge in [0, 0.05) is 16.1 Å². The summed E-state index contributed by atoms with van der Waals surface area (Å²) in [5, 5.41) is 2.24. The van der Waals surface area contributed by atoms with Gasteiger partial charge in [-0.25, -0.2) is 13.1 Å². The highest BCUT2D eigenvalue weighted by molar-refractivity contribution is 8.00. The Kier molecular flexibility index (Phi) is 7.68. The third-order valence-electron chi connectivity index (χ3n) is 3.81. The number of methoxy groups -OCH3 is 1. The smallest absolute Gasteiger partial charge is 0.318 e. The first-order valence-electron chi connectivity index (χ1n) is 9.22. The number of benzene rings is 2. The fraction of sp³-hybridized carbons (Fsp3) is 0.333. The number of nitrogens with one attached hydrogen (secondary N) is 2. The van der Waals surface area contributed by atoms with E-state index in [4.69, 9.17) is 4.74 Å². The number of ether oxygens (including phenoxy) is 1. The molecule has 1 atom stereocenters. The molecule has 2 aromatic carbocycles. The third-order valence-corrected chi connectivity index (χ3v) is 6.72. The van der Waals surface area contributed by atoms with Gasteiger partial charge in [0.1, 0.15) is 5.25 Å². The number of esters is 1. The lowest BCUT2D eigenvalue weighted by atomic mass is 10.1. The van der Waals surface area contributed by atoms with Crippen LogP contribution in [0.3, 0.4) is 0 Å². The second-order valence-corrected chi connectivity index (χ2v) is 10.7. The molecular weight excluding hydrogens is 424 g/mol. The van der Waals surface area contributed by atoms with Crippen molar-refractivity contribution in [1.82, 2.24) is 4.72 Å². The zero-order valence-electron chi connectivity index (χ0n) is 17.6. The summed E-state index contributed by atoms with van der Waals surface area (Å²) in [5.41, 5.74) is 0.0850. The Hall–Kier alpha value is -2.36. The summed E-state index contributed by atoms with van der Waals surface area (Å²) >= 11 is 1.21. The molecule has 162 valence electrons. The van der Waals surface area contributed by atoms with E-state index >= 15 is 0 Å². The van der Waals surface area contributed by atoms with Crippen molar-refractivity contribution in [3.05, 3.63) is 54.1 Å². The molecular formula is C21H26N2O5S2. The Morgan fingerprint density at radius 2 is 1.73 bits per heavy atom. The van der Waals surface area contributed by atoms with Crippen LogP contribution in [0.4, 0.5) is 5.69 Å². The van der Waals surface area contributed by atoms with Gasteiger partial charge in [0.05, 0.1) is 17.6 Å². The zero-order valence-corrected chi connectivity index (χ0v) is 19.2.